The molecule has 1 aromatic rings. The highest BCUT2D eigenvalue weighted by atomic mass is 16.5. The Morgan fingerprint density at radius 1 is 1.44 bits per heavy atom. The van der Waals surface area contributed by atoms with Gasteiger partial charge in [0.05, 0.1) is 12.1 Å². The first-order valence-electron chi connectivity index (χ1n) is 5.58. The number of amides is 1. The molecule has 0 bridgehead atoms. The van der Waals surface area contributed by atoms with Gasteiger partial charge in [0, 0.05) is 11.1 Å². The predicted molar refractivity (Wildman–Crippen MR) is 62.2 cm³/mol. The minimum absolute atomic E-state index is 0.0150. The average Bonchev–Trinajstić information content (AvgIpc) is 2.49. The van der Waals surface area contributed by atoms with Gasteiger partial charge in [0.15, 0.2) is 0 Å². The third-order valence-electron chi connectivity index (χ3n) is 2.88. The van der Waals surface area contributed by atoms with E-state index in [1.165, 1.54) is 0 Å². The Morgan fingerprint density at radius 3 is 2.50 bits per heavy atom. The van der Waals surface area contributed by atoms with Gasteiger partial charge in [-0.25, -0.2) is 0 Å². The summed E-state index contributed by atoms with van der Waals surface area (Å²) in [7, 11) is 0. The lowest BCUT2D eigenvalue weighted by Gasteiger charge is -2.24. The van der Waals surface area contributed by atoms with Gasteiger partial charge < -0.3 is 9.84 Å². The molecule has 1 rings (SSSR count). The summed E-state index contributed by atoms with van der Waals surface area (Å²) in [5, 5.41) is 6.82. The number of rotatable bonds is 4. The number of aryl methyl sites for hydroxylation is 2. The molecule has 0 aliphatic heterocycles. The summed E-state index contributed by atoms with van der Waals surface area (Å²) in [6, 6.07) is 0. The fourth-order valence-corrected chi connectivity index (χ4v) is 1.42. The van der Waals surface area contributed by atoms with Crippen molar-refractivity contribution in [2.45, 2.75) is 53.0 Å². The molecule has 0 fully saturated rings. The summed E-state index contributed by atoms with van der Waals surface area (Å²) < 4.78 is 5.02. The van der Waals surface area contributed by atoms with E-state index in [2.05, 4.69) is 17.4 Å². The number of aromatic nitrogens is 1. The van der Waals surface area contributed by atoms with Crippen LogP contribution in [0.3, 0.4) is 0 Å². The average molecular weight is 224 g/mol. The van der Waals surface area contributed by atoms with Crippen LogP contribution in [0.4, 0.5) is 0 Å². The fraction of sp³-hybridized carbons (Fsp3) is 0.667. The Balaban J connectivity index is 2.66. The quantitative estimate of drug-likeness (QED) is 0.852. The summed E-state index contributed by atoms with van der Waals surface area (Å²) in [5.74, 6) is 0.739. The molecule has 0 atom stereocenters. The van der Waals surface area contributed by atoms with Gasteiger partial charge in [-0.05, 0) is 34.1 Å². The van der Waals surface area contributed by atoms with Crippen molar-refractivity contribution < 1.29 is 9.32 Å². The second kappa shape index (κ2) is 4.68. The highest BCUT2D eigenvalue weighted by Gasteiger charge is 2.20. The standard InChI is InChI=1S/C12H20N2O2/c1-6-12(4,5)13-11(15)7-10-8(2)14-16-9(10)3/h6-7H2,1-5H3,(H,13,15). The van der Waals surface area contributed by atoms with Crippen LogP contribution in [0, 0.1) is 13.8 Å². The second-order valence-electron chi connectivity index (χ2n) is 4.77. The summed E-state index contributed by atoms with van der Waals surface area (Å²) in [5.41, 5.74) is 1.53. The maximum atomic E-state index is 11.8. The zero-order valence-corrected chi connectivity index (χ0v) is 10.7. The summed E-state index contributed by atoms with van der Waals surface area (Å²) in [6.07, 6.45) is 1.24. The normalized spacial score (nSPS) is 11.6. The first-order valence-corrected chi connectivity index (χ1v) is 5.58. The zero-order chi connectivity index (χ0) is 12.3. The van der Waals surface area contributed by atoms with E-state index in [1.807, 2.05) is 27.7 Å². The molecular formula is C12H20N2O2. The number of hydrogen-bond acceptors (Lipinski definition) is 3. The third-order valence-corrected chi connectivity index (χ3v) is 2.88. The van der Waals surface area contributed by atoms with Crippen LogP contribution in [0.25, 0.3) is 0 Å². The van der Waals surface area contributed by atoms with E-state index >= 15 is 0 Å². The molecule has 0 radical (unpaired) electrons. The van der Waals surface area contributed by atoms with Crippen LogP contribution in [0.1, 0.15) is 44.2 Å². The Bertz CT molecular complexity index is 361. The maximum absolute atomic E-state index is 11.8. The largest absolute Gasteiger partial charge is 0.361 e. The molecule has 1 heterocycles. The molecule has 0 saturated heterocycles. The van der Waals surface area contributed by atoms with Crippen LogP contribution >= 0.6 is 0 Å². The lowest BCUT2D eigenvalue weighted by Crippen LogP contribution is -2.43. The molecule has 0 saturated carbocycles. The number of hydrogen-bond donors (Lipinski definition) is 1. The van der Waals surface area contributed by atoms with Crippen molar-refractivity contribution in [1.29, 1.82) is 0 Å². The van der Waals surface area contributed by atoms with E-state index < -0.39 is 0 Å². The molecule has 0 aliphatic rings. The molecule has 4 heteroatoms. The smallest absolute Gasteiger partial charge is 0.225 e. The summed E-state index contributed by atoms with van der Waals surface area (Å²) in [6.45, 7) is 9.75. The van der Waals surface area contributed by atoms with E-state index in [-0.39, 0.29) is 11.4 Å². The molecule has 4 nitrogen and oxygen atoms in total. The van der Waals surface area contributed by atoms with Crippen LogP contribution in [-0.4, -0.2) is 16.6 Å². The van der Waals surface area contributed by atoms with Crippen molar-refractivity contribution in [2.24, 2.45) is 0 Å². The van der Waals surface area contributed by atoms with Crippen LogP contribution in [0.2, 0.25) is 0 Å². The molecule has 90 valence electrons. The van der Waals surface area contributed by atoms with Crippen molar-refractivity contribution in [3.05, 3.63) is 17.0 Å². The molecule has 16 heavy (non-hydrogen) atoms. The Labute approximate surface area is 96.4 Å². The molecule has 1 amide bonds. The van der Waals surface area contributed by atoms with Crippen molar-refractivity contribution in [2.75, 3.05) is 0 Å². The minimum Gasteiger partial charge on any atom is -0.361 e. The van der Waals surface area contributed by atoms with E-state index in [0.29, 0.717) is 6.42 Å². The van der Waals surface area contributed by atoms with Gasteiger partial charge in [0.1, 0.15) is 5.76 Å². The van der Waals surface area contributed by atoms with Gasteiger partial charge in [-0.2, -0.15) is 0 Å². The lowest BCUT2D eigenvalue weighted by molar-refractivity contribution is -0.122. The maximum Gasteiger partial charge on any atom is 0.225 e. The van der Waals surface area contributed by atoms with E-state index in [0.717, 1.165) is 23.4 Å². The zero-order valence-electron chi connectivity index (χ0n) is 10.7. The Kier molecular flexibility index (Phi) is 3.73. The molecule has 0 aromatic carbocycles. The Hall–Kier alpha value is -1.32. The minimum atomic E-state index is -0.157. The van der Waals surface area contributed by atoms with Gasteiger partial charge in [0.25, 0.3) is 0 Å². The van der Waals surface area contributed by atoms with Crippen LogP contribution < -0.4 is 5.32 Å². The number of nitrogens with one attached hydrogen (secondary N) is 1. The molecule has 1 N–H and O–H groups in total. The SMILES string of the molecule is CCC(C)(C)NC(=O)Cc1c(C)noc1C. The monoisotopic (exact) mass is 224 g/mol. The van der Waals surface area contributed by atoms with Crippen molar-refractivity contribution in [3.63, 3.8) is 0 Å². The van der Waals surface area contributed by atoms with Gasteiger partial charge in [-0.15, -0.1) is 0 Å². The lowest BCUT2D eigenvalue weighted by atomic mass is 10.0. The fourth-order valence-electron chi connectivity index (χ4n) is 1.42. The van der Waals surface area contributed by atoms with Gasteiger partial charge in [0.2, 0.25) is 5.91 Å². The number of carbonyl (C=O) groups excluding carboxylic acids is 1. The van der Waals surface area contributed by atoms with Crippen molar-refractivity contribution in [1.82, 2.24) is 10.5 Å². The first kappa shape index (κ1) is 12.7. The van der Waals surface area contributed by atoms with Crippen LogP contribution in [-0.2, 0) is 11.2 Å². The Morgan fingerprint density at radius 2 is 2.06 bits per heavy atom. The van der Waals surface area contributed by atoms with E-state index in [4.69, 9.17) is 4.52 Å². The highest BCUT2D eigenvalue weighted by Crippen LogP contribution is 2.14. The predicted octanol–water partition coefficient (Wildman–Crippen LogP) is 2.14. The highest BCUT2D eigenvalue weighted by molar-refractivity contribution is 5.79. The first-order chi connectivity index (χ1) is 7.35. The topological polar surface area (TPSA) is 55.1 Å². The third kappa shape index (κ3) is 3.08. The molecule has 0 spiro atoms. The van der Waals surface area contributed by atoms with Gasteiger partial charge in [-0.1, -0.05) is 12.1 Å². The van der Waals surface area contributed by atoms with Crippen LogP contribution in [0.5, 0.6) is 0 Å². The number of carbonyl (C=O) groups is 1. The second-order valence-corrected chi connectivity index (χ2v) is 4.77. The summed E-state index contributed by atoms with van der Waals surface area (Å²) in [4.78, 5) is 11.8. The van der Waals surface area contributed by atoms with Crippen LogP contribution in [0.15, 0.2) is 4.52 Å². The van der Waals surface area contributed by atoms with Crippen molar-refractivity contribution >= 4 is 5.91 Å². The number of nitrogens with zero attached hydrogens (tertiary/aromatic N) is 1. The summed E-state index contributed by atoms with van der Waals surface area (Å²) >= 11 is 0. The van der Waals surface area contributed by atoms with E-state index in [9.17, 15) is 4.79 Å². The molecule has 0 unspecified atom stereocenters. The van der Waals surface area contributed by atoms with Gasteiger partial charge in [-0.3, -0.25) is 4.79 Å². The van der Waals surface area contributed by atoms with E-state index in [1.54, 1.807) is 0 Å². The molecular weight excluding hydrogens is 204 g/mol. The van der Waals surface area contributed by atoms with Gasteiger partial charge >= 0.3 is 0 Å². The molecule has 0 aliphatic carbocycles. The van der Waals surface area contributed by atoms with Crippen molar-refractivity contribution in [3.8, 4) is 0 Å². The molecule has 1 aromatic heterocycles.